The molecule has 5 heteroatoms. The van der Waals surface area contributed by atoms with Crippen molar-refractivity contribution in [1.29, 1.82) is 0 Å². The molecule has 134 valence electrons. The summed E-state index contributed by atoms with van der Waals surface area (Å²) in [7, 11) is 1.62. The maximum Gasteiger partial charge on any atom is 0.255 e. The number of hydrogen-bond donors (Lipinski definition) is 1. The van der Waals surface area contributed by atoms with E-state index in [0.717, 1.165) is 28.9 Å². The molecule has 0 radical (unpaired) electrons. The second kappa shape index (κ2) is 6.16. The highest BCUT2D eigenvalue weighted by Crippen LogP contribution is 2.50. The molecule has 2 aromatic rings. The summed E-state index contributed by atoms with van der Waals surface area (Å²) in [6, 6.07) is 13.0. The zero-order valence-electron chi connectivity index (χ0n) is 14.9. The van der Waals surface area contributed by atoms with Crippen molar-refractivity contribution in [3.8, 4) is 16.9 Å². The Hall–Kier alpha value is -2.82. The van der Waals surface area contributed by atoms with Gasteiger partial charge in [0.15, 0.2) is 0 Å². The summed E-state index contributed by atoms with van der Waals surface area (Å²) in [6.45, 7) is 2.57. The lowest BCUT2D eigenvalue weighted by atomic mass is 9.96. The zero-order chi connectivity index (χ0) is 18.4. The van der Waals surface area contributed by atoms with Gasteiger partial charge in [-0.3, -0.25) is 9.59 Å². The van der Waals surface area contributed by atoms with Crippen LogP contribution in [0.5, 0.6) is 5.75 Å². The second-order valence-corrected chi connectivity index (χ2v) is 7.25. The van der Waals surface area contributed by atoms with Crippen LogP contribution in [-0.2, 0) is 4.79 Å². The summed E-state index contributed by atoms with van der Waals surface area (Å²) >= 11 is 0. The fourth-order valence-corrected chi connectivity index (χ4v) is 4.07. The molecule has 1 aliphatic carbocycles. The SMILES string of the molecule is COc1cccc(-c2ccc(C)cc2C(=O)N2C[C@H]3C[C@H]3[C@H]2C(N)=O)c1. The highest BCUT2D eigenvalue weighted by Gasteiger charge is 2.56. The molecule has 1 saturated carbocycles. The molecule has 0 unspecified atom stereocenters. The Balaban J connectivity index is 1.75. The van der Waals surface area contributed by atoms with Gasteiger partial charge in [0.05, 0.1) is 7.11 Å². The number of carbonyl (C=O) groups is 2. The van der Waals surface area contributed by atoms with Crippen LogP contribution in [0.15, 0.2) is 42.5 Å². The van der Waals surface area contributed by atoms with E-state index in [2.05, 4.69) is 0 Å². The van der Waals surface area contributed by atoms with E-state index in [1.807, 2.05) is 49.4 Å². The lowest BCUT2D eigenvalue weighted by Gasteiger charge is -2.26. The van der Waals surface area contributed by atoms with E-state index in [4.69, 9.17) is 10.5 Å². The topological polar surface area (TPSA) is 72.6 Å². The first-order chi connectivity index (χ1) is 12.5. The third-order valence-corrected chi connectivity index (χ3v) is 5.49. The van der Waals surface area contributed by atoms with Gasteiger partial charge >= 0.3 is 0 Å². The molecule has 1 heterocycles. The van der Waals surface area contributed by atoms with Crippen LogP contribution in [0.1, 0.15) is 22.3 Å². The average Bonchev–Trinajstić information content (AvgIpc) is 3.29. The van der Waals surface area contributed by atoms with E-state index in [9.17, 15) is 9.59 Å². The first-order valence-corrected chi connectivity index (χ1v) is 8.85. The van der Waals surface area contributed by atoms with E-state index in [-0.39, 0.29) is 11.8 Å². The van der Waals surface area contributed by atoms with E-state index in [0.29, 0.717) is 18.0 Å². The molecule has 2 N–H and O–H groups in total. The van der Waals surface area contributed by atoms with E-state index in [1.54, 1.807) is 12.0 Å². The van der Waals surface area contributed by atoms with Crippen molar-refractivity contribution in [3.05, 3.63) is 53.6 Å². The largest absolute Gasteiger partial charge is 0.497 e. The first-order valence-electron chi connectivity index (χ1n) is 8.85. The molecular weight excluding hydrogens is 328 g/mol. The molecule has 2 aliphatic rings. The fraction of sp³-hybridized carbons (Fsp3) is 0.333. The number of methoxy groups -OCH3 is 1. The van der Waals surface area contributed by atoms with E-state index < -0.39 is 11.9 Å². The summed E-state index contributed by atoms with van der Waals surface area (Å²) in [4.78, 5) is 26.9. The smallest absolute Gasteiger partial charge is 0.255 e. The molecule has 0 aromatic heterocycles. The van der Waals surface area contributed by atoms with Gasteiger partial charge in [-0.1, -0.05) is 29.8 Å². The number of fused-ring (bicyclic) bond motifs is 1. The van der Waals surface area contributed by atoms with Gasteiger partial charge in [-0.25, -0.2) is 0 Å². The van der Waals surface area contributed by atoms with Crippen molar-refractivity contribution >= 4 is 11.8 Å². The summed E-state index contributed by atoms with van der Waals surface area (Å²) in [5, 5.41) is 0. The number of aryl methyl sites for hydroxylation is 1. The van der Waals surface area contributed by atoms with Gasteiger partial charge in [-0.2, -0.15) is 0 Å². The van der Waals surface area contributed by atoms with Crippen LogP contribution in [0.4, 0.5) is 0 Å². The number of carbonyl (C=O) groups excluding carboxylic acids is 2. The van der Waals surface area contributed by atoms with Crippen molar-refractivity contribution in [2.45, 2.75) is 19.4 Å². The lowest BCUT2D eigenvalue weighted by molar-refractivity contribution is -0.122. The molecule has 2 aromatic carbocycles. The quantitative estimate of drug-likeness (QED) is 0.921. The number of nitrogens with two attached hydrogens (primary N) is 1. The van der Waals surface area contributed by atoms with Crippen LogP contribution in [0, 0.1) is 18.8 Å². The number of hydrogen-bond acceptors (Lipinski definition) is 3. The molecule has 5 nitrogen and oxygen atoms in total. The van der Waals surface area contributed by atoms with E-state index >= 15 is 0 Å². The number of nitrogens with zero attached hydrogens (tertiary/aromatic N) is 1. The number of piperidine rings is 1. The number of benzene rings is 2. The van der Waals surface area contributed by atoms with Gasteiger partial charge in [0.1, 0.15) is 11.8 Å². The normalized spacial score (nSPS) is 23.5. The Bertz CT molecular complexity index is 893. The maximum atomic E-state index is 13.3. The third-order valence-electron chi connectivity index (χ3n) is 5.49. The summed E-state index contributed by atoms with van der Waals surface area (Å²) < 4.78 is 5.31. The maximum absolute atomic E-state index is 13.3. The van der Waals surface area contributed by atoms with Crippen LogP contribution < -0.4 is 10.5 Å². The Morgan fingerprint density at radius 3 is 2.73 bits per heavy atom. The van der Waals surface area contributed by atoms with Gasteiger partial charge in [0.2, 0.25) is 5.91 Å². The van der Waals surface area contributed by atoms with Crippen LogP contribution in [0.2, 0.25) is 0 Å². The minimum atomic E-state index is -0.480. The van der Waals surface area contributed by atoms with Crippen LogP contribution >= 0.6 is 0 Å². The standard InChI is InChI=1S/C21H22N2O3/c1-12-6-7-16(13-4-3-5-15(9-13)26-2)18(8-12)21(25)23-11-14-10-17(14)19(23)20(22)24/h3-9,14,17,19H,10-11H2,1-2H3,(H2,22,24)/t14-,17-,19+/m1/s1. The fourth-order valence-electron chi connectivity index (χ4n) is 4.07. The van der Waals surface area contributed by atoms with Crippen LogP contribution in [0.25, 0.3) is 11.1 Å². The number of ether oxygens (including phenoxy) is 1. The molecule has 3 atom stereocenters. The van der Waals surface area contributed by atoms with Gasteiger partial charge in [0, 0.05) is 12.1 Å². The number of amides is 2. The van der Waals surface area contributed by atoms with Crippen LogP contribution in [0.3, 0.4) is 0 Å². The Kier molecular flexibility index (Phi) is 3.94. The molecule has 1 aliphatic heterocycles. The molecule has 0 bridgehead atoms. The zero-order valence-corrected chi connectivity index (χ0v) is 14.9. The summed E-state index contributed by atoms with van der Waals surface area (Å²) in [5.74, 6) is 0.864. The van der Waals surface area contributed by atoms with Crippen molar-refractivity contribution in [1.82, 2.24) is 4.90 Å². The van der Waals surface area contributed by atoms with Crippen molar-refractivity contribution in [2.75, 3.05) is 13.7 Å². The van der Waals surface area contributed by atoms with Crippen molar-refractivity contribution in [3.63, 3.8) is 0 Å². The second-order valence-electron chi connectivity index (χ2n) is 7.25. The van der Waals surface area contributed by atoms with E-state index in [1.165, 1.54) is 0 Å². The minimum Gasteiger partial charge on any atom is -0.497 e. The van der Waals surface area contributed by atoms with Gasteiger partial charge < -0.3 is 15.4 Å². The average molecular weight is 350 g/mol. The lowest BCUT2D eigenvalue weighted by Crippen LogP contribution is -2.46. The first kappa shape index (κ1) is 16.6. The monoisotopic (exact) mass is 350 g/mol. The van der Waals surface area contributed by atoms with Gasteiger partial charge in [0.25, 0.3) is 5.91 Å². The summed E-state index contributed by atoms with van der Waals surface area (Å²) in [5.41, 5.74) is 8.94. The van der Waals surface area contributed by atoms with Crippen molar-refractivity contribution in [2.24, 2.45) is 17.6 Å². The van der Waals surface area contributed by atoms with Crippen LogP contribution in [-0.4, -0.2) is 36.4 Å². The Morgan fingerprint density at radius 2 is 2.00 bits per heavy atom. The van der Waals surface area contributed by atoms with Gasteiger partial charge in [-0.15, -0.1) is 0 Å². The molecule has 1 saturated heterocycles. The molecule has 26 heavy (non-hydrogen) atoms. The Morgan fingerprint density at radius 1 is 1.19 bits per heavy atom. The molecule has 2 fully saturated rings. The van der Waals surface area contributed by atoms with Gasteiger partial charge in [-0.05, 0) is 54.5 Å². The molecule has 4 rings (SSSR count). The molecular formula is C21H22N2O3. The third kappa shape index (κ3) is 2.73. The highest BCUT2D eigenvalue weighted by molar-refractivity contribution is 6.03. The minimum absolute atomic E-state index is 0.123. The number of likely N-dealkylation sites (tertiary alicyclic amines) is 1. The Labute approximate surface area is 152 Å². The van der Waals surface area contributed by atoms with Crippen molar-refractivity contribution < 1.29 is 14.3 Å². The summed E-state index contributed by atoms with van der Waals surface area (Å²) in [6.07, 6.45) is 0.994. The number of primary amides is 1. The highest BCUT2D eigenvalue weighted by atomic mass is 16.5. The molecule has 0 spiro atoms. The number of rotatable bonds is 4. The predicted molar refractivity (Wildman–Crippen MR) is 98.8 cm³/mol. The molecule has 2 amide bonds. The predicted octanol–water partition coefficient (Wildman–Crippen LogP) is 2.62.